The lowest BCUT2D eigenvalue weighted by molar-refractivity contribution is -0.134. The highest BCUT2D eigenvalue weighted by molar-refractivity contribution is 5.89. The van der Waals surface area contributed by atoms with Crippen molar-refractivity contribution >= 4 is 17.9 Å². The van der Waals surface area contributed by atoms with Crippen molar-refractivity contribution in [2.45, 2.75) is 6.54 Å². The van der Waals surface area contributed by atoms with Gasteiger partial charge >= 0.3 is 11.9 Å². The Bertz CT molecular complexity index is 881. The van der Waals surface area contributed by atoms with Crippen molar-refractivity contribution in [2.24, 2.45) is 0 Å². The van der Waals surface area contributed by atoms with Gasteiger partial charge in [0.05, 0.1) is 0 Å². The smallest absolute Gasteiger partial charge is 0.328 e. The zero-order valence-electron chi connectivity index (χ0n) is 16.2. The number of rotatable bonds is 5. The van der Waals surface area contributed by atoms with Gasteiger partial charge in [0.25, 0.3) is 0 Å². The Morgan fingerprint density at radius 3 is 2.23 bits per heavy atom. The molecule has 1 aromatic heterocycles. The van der Waals surface area contributed by atoms with E-state index < -0.39 is 11.9 Å². The van der Waals surface area contributed by atoms with Gasteiger partial charge in [-0.05, 0) is 23.8 Å². The van der Waals surface area contributed by atoms with E-state index in [0.717, 1.165) is 50.2 Å². The van der Waals surface area contributed by atoms with E-state index in [1.54, 1.807) is 12.4 Å². The number of fused-ring (bicyclic) bond motifs is 1. The fraction of sp³-hybridized carbons (Fsp3) is 0.300. The van der Waals surface area contributed by atoms with E-state index in [4.69, 9.17) is 19.7 Å². The molecule has 0 aliphatic carbocycles. The molecule has 30 heavy (non-hydrogen) atoms. The summed E-state index contributed by atoms with van der Waals surface area (Å²) < 4.78 is 10.8. The Hall–Kier alpha value is -3.66. The van der Waals surface area contributed by atoms with Crippen LogP contribution in [0.25, 0.3) is 0 Å². The Balaban J connectivity index is 0.000000275. The molecule has 0 radical (unpaired) electrons. The van der Waals surface area contributed by atoms with E-state index in [1.165, 1.54) is 5.56 Å². The molecule has 0 bridgehead atoms. The van der Waals surface area contributed by atoms with E-state index in [0.29, 0.717) is 18.9 Å². The largest absolute Gasteiger partial charge is 0.478 e. The summed E-state index contributed by atoms with van der Waals surface area (Å²) in [5.74, 6) is 0.00801. The normalized spacial score (nSPS) is 15.5. The number of carboxylic acids is 2. The van der Waals surface area contributed by atoms with Gasteiger partial charge in [-0.1, -0.05) is 6.07 Å². The summed E-state index contributed by atoms with van der Waals surface area (Å²) in [4.78, 5) is 32.4. The van der Waals surface area contributed by atoms with E-state index in [-0.39, 0.29) is 0 Å². The SMILES string of the molecule is O=C(O)/C=C/C(=O)O.c1cnc(N2CCN(Cc3ccc4c(c3)OCO4)CC2)nc1. The zero-order valence-corrected chi connectivity index (χ0v) is 16.2. The molecule has 1 fully saturated rings. The summed E-state index contributed by atoms with van der Waals surface area (Å²) in [7, 11) is 0. The van der Waals surface area contributed by atoms with Crippen molar-refractivity contribution in [1.82, 2.24) is 14.9 Å². The second kappa shape index (κ2) is 10.2. The number of ether oxygens (including phenoxy) is 2. The van der Waals surface area contributed by atoms with Gasteiger partial charge in [0.2, 0.25) is 12.7 Å². The molecule has 2 aliphatic rings. The summed E-state index contributed by atoms with van der Waals surface area (Å²) in [5.41, 5.74) is 1.26. The number of carbonyl (C=O) groups is 2. The van der Waals surface area contributed by atoms with E-state index >= 15 is 0 Å². The molecule has 1 aromatic carbocycles. The van der Waals surface area contributed by atoms with Crippen molar-refractivity contribution in [3.05, 3.63) is 54.4 Å². The number of anilines is 1. The average Bonchev–Trinajstić information content (AvgIpc) is 3.22. The van der Waals surface area contributed by atoms with Gasteiger partial charge in [0.1, 0.15) is 0 Å². The predicted octanol–water partition coefficient (Wildman–Crippen LogP) is 1.24. The Morgan fingerprint density at radius 2 is 1.60 bits per heavy atom. The standard InChI is InChI=1S/C16H18N4O2.C4H4O4/c1-4-17-16(18-5-1)20-8-6-19(7-9-20)11-13-2-3-14-15(10-13)22-12-21-14;5-3(6)1-2-4(7)8/h1-5,10H,6-9,11-12H2;1-2H,(H,5,6)(H,7,8)/b;2-1+. The minimum Gasteiger partial charge on any atom is -0.478 e. The minimum absolute atomic E-state index is 0.328. The molecule has 0 amide bonds. The molecule has 0 unspecified atom stereocenters. The average molecular weight is 414 g/mol. The summed E-state index contributed by atoms with van der Waals surface area (Å²) in [6, 6.07) is 8.03. The first-order valence-corrected chi connectivity index (χ1v) is 9.28. The molecular formula is C20H22N4O6. The molecule has 10 nitrogen and oxygen atoms in total. The molecule has 2 aromatic rings. The van der Waals surface area contributed by atoms with Gasteiger partial charge in [0.15, 0.2) is 11.5 Å². The topological polar surface area (TPSA) is 125 Å². The Labute approximate surface area is 173 Å². The summed E-state index contributed by atoms with van der Waals surface area (Å²) >= 11 is 0. The number of aliphatic carboxylic acids is 2. The molecule has 0 saturated carbocycles. The van der Waals surface area contributed by atoms with Crippen LogP contribution >= 0.6 is 0 Å². The van der Waals surface area contributed by atoms with Crippen molar-refractivity contribution in [1.29, 1.82) is 0 Å². The fourth-order valence-electron chi connectivity index (χ4n) is 3.00. The second-order valence-corrected chi connectivity index (χ2v) is 6.51. The first-order valence-electron chi connectivity index (χ1n) is 9.28. The van der Waals surface area contributed by atoms with Crippen molar-refractivity contribution in [3.63, 3.8) is 0 Å². The molecule has 10 heteroatoms. The minimum atomic E-state index is -1.26. The maximum Gasteiger partial charge on any atom is 0.328 e. The van der Waals surface area contributed by atoms with Crippen molar-refractivity contribution < 1.29 is 29.3 Å². The molecule has 2 aliphatic heterocycles. The number of carboxylic acid groups (broad SMARTS) is 2. The van der Waals surface area contributed by atoms with Gasteiger partial charge in [0, 0.05) is 57.3 Å². The van der Waals surface area contributed by atoms with Crippen LogP contribution in [0.15, 0.2) is 48.8 Å². The van der Waals surface area contributed by atoms with Crippen LogP contribution in [0.4, 0.5) is 5.95 Å². The quantitative estimate of drug-likeness (QED) is 0.690. The first-order chi connectivity index (χ1) is 14.5. The van der Waals surface area contributed by atoms with Crippen LogP contribution in [0.5, 0.6) is 11.5 Å². The number of nitrogens with zero attached hydrogens (tertiary/aromatic N) is 4. The van der Waals surface area contributed by atoms with Gasteiger partial charge in [-0.25, -0.2) is 19.6 Å². The van der Waals surface area contributed by atoms with Crippen molar-refractivity contribution in [3.8, 4) is 11.5 Å². The Kier molecular flexibility index (Phi) is 7.17. The Morgan fingerprint density at radius 1 is 0.967 bits per heavy atom. The summed E-state index contributed by atoms with van der Waals surface area (Å²) in [6.45, 7) is 5.18. The highest BCUT2D eigenvalue weighted by Crippen LogP contribution is 2.32. The third-order valence-corrected chi connectivity index (χ3v) is 4.42. The summed E-state index contributed by atoms with van der Waals surface area (Å²) in [5, 5.41) is 15.6. The number of hydrogen-bond donors (Lipinski definition) is 2. The van der Waals surface area contributed by atoms with Crippen LogP contribution in [0.3, 0.4) is 0 Å². The lowest BCUT2D eigenvalue weighted by Crippen LogP contribution is -2.46. The molecule has 4 rings (SSSR count). The first kappa shape index (κ1) is 21.1. The third-order valence-electron chi connectivity index (χ3n) is 4.42. The van der Waals surface area contributed by atoms with Gasteiger partial charge in [-0.15, -0.1) is 0 Å². The maximum absolute atomic E-state index is 9.55. The highest BCUT2D eigenvalue weighted by Gasteiger charge is 2.20. The molecule has 1 saturated heterocycles. The molecule has 158 valence electrons. The van der Waals surface area contributed by atoms with Crippen LogP contribution in [0.2, 0.25) is 0 Å². The lowest BCUT2D eigenvalue weighted by atomic mass is 10.1. The fourth-order valence-corrected chi connectivity index (χ4v) is 3.00. The maximum atomic E-state index is 9.55. The van der Waals surface area contributed by atoms with Crippen molar-refractivity contribution in [2.75, 3.05) is 37.9 Å². The molecule has 0 spiro atoms. The van der Waals surface area contributed by atoms with Crippen LogP contribution in [-0.4, -0.2) is 70.0 Å². The number of aromatic nitrogens is 2. The lowest BCUT2D eigenvalue weighted by Gasteiger charge is -2.34. The van der Waals surface area contributed by atoms with Crippen LogP contribution in [-0.2, 0) is 16.1 Å². The van der Waals surface area contributed by atoms with E-state index in [9.17, 15) is 9.59 Å². The van der Waals surface area contributed by atoms with E-state index in [1.807, 2.05) is 12.1 Å². The molecule has 3 heterocycles. The van der Waals surface area contributed by atoms with Gasteiger partial charge in [-0.3, -0.25) is 4.90 Å². The van der Waals surface area contributed by atoms with Crippen LogP contribution < -0.4 is 14.4 Å². The number of benzene rings is 1. The molecule has 2 N–H and O–H groups in total. The van der Waals surface area contributed by atoms with E-state index in [2.05, 4.69) is 31.9 Å². The second-order valence-electron chi connectivity index (χ2n) is 6.51. The summed E-state index contributed by atoms with van der Waals surface area (Å²) in [6.07, 6.45) is 4.70. The highest BCUT2D eigenvalue weighted by atomic mass is 16.7. The van der Waals surface area contributed by atoms with Crippen LogP contribution in [0.1, 0.15) is 5.56 Å². The molecular weight excluding hydrogens is 392 g/mol. The predicted molar refractivity (Wildman–Crippen MR) is 106 cm³/mol. The van der Waals surface area contributed by atoms with Crippen LogP contribution in [0, 0.1) is 0 Å². The number of piperazine rings is 1. The molecule has 0 atom stereocenters. The third kappa shape index (κ3) is 6.17. The van der Waals surface area contributed by atoms with Gasteiger partial charge in [-0.2, -0.15) is 0 Å². The monoisotopic (exact) mass is 414 g/mol. The number of hydrogen-bond acceptors (Lipinski definition) is 8. The zero-order chi connectivity index (χ0) is 21.3. The van der Waals surface area contributed by atoms with Gasteiger partial charge < -0.3 is 24.6 Å².